The van der Waals surface area contributed by atoms with E-state index in [0.29, 0.717) is 17.8 Å². The van der Waals surface area contributed by atoms with Crippen LogP contribution in [0.2, 0.25) is 0 Å². The molecule has 0 amide bonds. The van der Waals surface area contributed by atoms with Crippen molar-refractivity contribution >= 4 is 22.4 Å². The Morgan fingerprint density at radius 3 is 2.46 bits per heavy atom. The van der Waals surface area contributed by atoms with Crippen LogP contribution < -0.4 is 5.32 Å². The van der Waals surface area contributed by atoms with Gasteiger partial charge in [0.25, 0.3) is 10.0 Å². The zero-order chi connectivity index (χ0) is 18.0. The number of benzene rings is 1. The fourth-order valence-corrected chi connectivity index (χ4v) is 4.24. The van der Waals surface area contributed by atoms with Crippen LogP contribution in [0.1, 0.15) is 11.1 Å². The van der Waals surface area contributed by atoms with Crippen LogP contribution in [0, 0.1) is 12.9 Å². The van der Waals surface area contributed by atoms with E-state index >= 15 is 0 Å². The minimum absolute atomic E-state index is 0. The van der Waals surface area contributed by atoms with Gasteiger partial charge in [0.15, 0.2) is 0 Å². The molecule has 0 bridgehead atoms. The molecule has 0 saturated heterocycles. The maximum Gasteiger partial charge on any atom is 0.268 e. The largest absolute Gasteiger partial charge is 0.316 e. The van der Waals surface area contributed by atoms with Crippen LogP contribution in [-0.2, 0) is 16.6 Å². The fourth-order valence-electron chi connectivity index (χ4n) is 2.77. The number of rotatable bonds is 5. The minimum Gasteiger partial charge on any atom is -0.316 e. The highest BCUT2D eigenvalue weighted by Gasteiger charge is 2.25. The molecule has 0 atom stereocenters. The summed E-state index contributed by atoms with van der Waals surface area (Å²) in [6.45, 7) is 2.25. The van der Waals surface area contributed by atoms with Crippen LogP contribution in [0.15, 0.2) is 59.8 Å². The molecule has 3 aromatic rings. The third-order valence-electron chi connectivity index (χ3n) is 4.01. The van der Waals surface area contributed by atoms with Crippen molar-refractivity contribution < 1.29 is 12.8 Å². The number of hydrogen-bond donors (Lipinski definition) is 1. The molecular formula is C18H19ClFN3O2S. The summed E-state index contributed by atoms with van der Waals surface area (Å²) in [6.07, 6.45) is 2.87. The number of pyridine rings is 1. The summed E-state index contributed by atoms with van der Waals surface area (Å²) in [6, 6.07) is 11.2. The SMILES string of the molecule is CNCc1cn(S(=O)(=O)c2ccccc2)c(-c2cccnc2F)c1C.Cl. The molecule has 0 radical (unpaired) electrons. The molecule has 0 aliphatic rings. The summed E-state index contributed by atoms with van der Waals surface area (Å²) >= 11 is 0. The van der Waals surface area contributed by atoms with E-state index in [4.69, 9.17) is 0 Å². The van der Waals surface area contributed by atoms with Gasteiger partial charge in [-0.15, -0.1) is 12.4 Å². The van der Waals surface area contributed by atoms with Gasteiger partial charge in [0.2, 0.25) is 5.95 Å². The highest BCUT2D eigenvalue weighted by Crippen LogP contribution is 2.32. The summed E-state index contributed by atoms with van der Waals surface area (Å²) < 4.78 is 41.6. The Balaban J connectivity index is 0.00000243. The smallest absolute Gasteiger partial charge is 0.268 e. The van der Waals surface area contributed by atoms with Gasteiger partial charge in [-0.25, -0.2) is 17.4 Å². The maximum atomic E-state index is 14.3. The first-order chi connectivity index (χ1) is 12.0. The monoisotopic (exact) mass is 395 g/mol. The molecule has 8 heteroatoms. The molecule has 5 nitrogen and oxygen atoms in total. The third kappa shape index (κ3) is 3.51. The molecule has 0 unspecified atom stereocenters. The van der Waals surface area contributed by atoms with Crippen LogP contribution in [0.25, 0.3) is 11.3 Å². The molecule has 0 aliphatic heterocycles. The average molecular weight is 396 g/mol. The molecule has 0 aliphatic carbocycles. The van der Waals surface area contributed by atoms with E-state index in [1.165, 1.54) is 30.6 Å². The summed E-state index contributed by atoms with van der Waals surface area (Å²) in [5.74, 6) is -0.704. The van der Waals surface area contributed by atoms with E-state index in [0.717, 1.165) is 9.54 Å². The number of hydrogen-bond acceptors (Lipinski definition) is 4. The summed E-state index contributed by atoms with van der Waals surface area (Å²) in [5, 5.41) is 3.01. The fraction of sp³-hybridized carbons (Fsp3) is 0.167. The maximum absolute atomic E-state index is 14.3. The van der Waals surface area contributed by atoms with E-state index in [-0.39, 0.29) is 22.9 Å². The van der Waals surface area contributed by atoms with Crippen molar-refractivity contribution in [1.82, 2.24) is 14.3 Å². The molecule has 3 rings (SSSR count). The summed E-state index contributed by atoms with van der Waals surface area (Å²) in [5.41, 5.74) is 1.92. The van der Waals surface area contributed by atoms with Crippen LogP contribution in [-0.4, -0.2) is 24.4 Å². The molecular weight excluding hydrogens is 377 g/mol. The highest BCUT2D eigenvalue weighted by atomic mass is 35.5. The molecule has 0 saturated carbocycles. The molecule has 2 aromatic heterocycles. The second kappa shape index (κ2) is 7.99. The van der Waals surface area contributed by atoms with Crippen LogP contribution in [0.4, 0.5) is 4.39 Å². The lowest BCUT2D eigenvalue weighted by Gasteiger charge is -2.12. The Bertz CT molecular complexity index is 1000. The van der Waals surface area contributed by atoms with Crippen molar-refractivity contribution in [1.29, 1.82) is 0 Å². The Kier molecular flexibility index (Phi) is 6.17. The quantitative estimate of drug-likeness (QED) is 0.673. The summed E-state index contributed by atoms with van der Waals surface area (Å²) in [7, 11) is -2.09. The van der Waals surface area contributed by atoms with E-state index in [9.17, 15) is 12.8 Å². The zero-order valence-electron chi connectivity index (χ0n) is 14.3. The lowest BCUT2D eigenvalue weighted by molar-refractivity contribution is 0.582. The van der Waals surface area contributed by atoms with Gasteiger partial charge in [0, 0.05) is 18.9 Å². The standard InChI is InChI=1S/C18H18FN3O2S.ClH/c1-13-14(11-20-2)12-22(17(13)16-9-6-10-21-18(16)19)25(23,24)15-7-4-3-5-8-15;/h3-10,12,20H,11H2,1-2H3;1H. The van der Waals surface area contributed by atoms with Crippen molar-refractivity contribution in [2.24, 2.45) is 0 Å². The van der Waals surface area contributed by atoms with Crippen molar-refractivity contribution in [2.75, 3.05) is 7.05 Å². The zero-order valence-corrected chi connectivity index (χ0v) is 15.9. The molecule has 2 heterocycles. The molecule has 138 valence electrons. The predicted octanol–water partition coefficient (Wildman–Crippen LogP) is 3.38. The average Bonchev–Trinajstić information content (AvgIpc) is 2.94. The Labute approximate surface area is 158 Å². The second-order valence-corrected chi connectivity index (χ2v) is 7.43. The van der Waals surface area contributed by atoms with E-state index in [1.54, 1.807) is 38.2 Å². The van der Waals surface area contributed by atoms with Crippen LogP contribution in [0.3, 0.4) is 0 Å². The normalized spacial score (nSPS) is 11.2. The van der Waals surface area contributed by atoms with Gasteiger partial charge >= 0.3 is 0 Å². The topological polar surface area (TPSA) is 64.0 Å². The number of nitrogens with one attached hydrogen (secondary N) is 1. The lowest BCUT2D eigenvalue weighted by atomic mass is 10.1. The van der Waals surface area contributed by atoms with Crippen molar-refractivity contribution in [3.8, 4) is 11.3 Å². The number of aromatic nitrogens is 2. The van der Waals surface area contributed by atoms with E-state index in [1.807, 2.05) is 0 Å². The van der Waals surface area contributed by atoms with Gasteiger partial charge in [0.05, 0.1) is 16.2 Å². The first-order valence-electron chi connectivity index (χ1n) is 7.73. The molecule has 26 heavy (non-hydrogen) atoms. The minimum atomic E-state index is -3.86. The van der Waals surface area contributed by atoms with Crippen LogP contribution in [0.5, 0.6) is 0 Å². The van der Waals surface area contributed by atoms with Crippen molar-refractivity contribution in [2.45, 2.75) is 18.4 Å². The molecule has 0 spiro atoms. The molecule has 1 aromatic carbocycles. The van der Waals surface area contributed by atoms with Crippen molar-refractivity contribution in [3.63, 3.8) is 0 Å². The summed E-state index contributed by atoms with van der Waals surface area (Å²) in [4.78, 5) is 3.80. The van der Waals surface area contributed by atoms with Gasteiger partial charge in [-0.05, 0) is 49.4 Å². The lowest BCUT2D eigenvalue weighted by Crippen LogP contribution is -2.14. The Morgan fingerprint density at radius 1 is 1.15 bits per heavy atom. The highest BCUT2D eigenvalue weighted by molar-refractivity contribution is 7.90. The van der Waals surface area contributed by atoms with Crippen molar-refractivity contribution in [3.05, 3.63) is 71.9 Å². The first-order valence-corrected chi connectivity index (χ1v) is 9.17. The predicted molar refractivity (Wildman–Crippen MR) is 101 cm³/mol. The van der Waals surface area contributed by atoms with Gasteiger partial charge in [-0.1, -0.05) is 18.2 Å². The van der Waals surface area contributed by atoms with E-state index in [2.05, 4.69) is 10.3 Å². The molecule has 0 fully saturated rings. The Morgan fingerprint density at radius 2 is 1.85 bits per heavy atom. The number of nitrogens with zero attached hydrogens (tertiary/aromatic N) is 2. The first kappa shape index (κ1) is 20.1. The van der Waals surface area contributed by atoms with Gasteiger partial charge in [-0.2, -0.15) is 4.39 Å². The third-order valence-corrected chi connectivity index (χ3v) is 5.69. The van der Waals surface area contributed by atoms with Gasteiger partial charge in [0.1, 0.15) is 0 Å². The van der Waals surface area contributed by atoms with E-state index < -0.39 is 16.0 Å². The van der Waals surface area contributed by atoms with Gasteiger partial charge in [-0.3, -0.25) is 0 Å². The molecule has 1 N–H and O–H groups in total. The number of halogens is 2. The Hall–Kier alpha value is -2.22. The van der Waals surface area contributed by atoms with Crippen LogP contribution >= 0.6 is 12.4 Å². The van der Waals surface area contributed by atoms with Gasteiger partial charge < -0.3 is 5.32 Å². The second-order valence-electron chi connectivity index (χ2n) is 5.61.